The third-order valence-corrected chi connectivity index (χ3v) is 2.36. The summed E-state index contributed by atoms with van der Waals surface area (Å²) >= 11 is 0. The standard InChI is InChI=1S/C10H16O/c1-7-4-5-10(9(3)11)6-8(7)2/h4-9,11H,1-3H3/t7-,8+,9?/m1/s1. The van der Waals surface area contributed by atoms with E-state index in [-0.39, 0.29) is 6.10 Å². The first-order valence-electron chi connectivity index (χ1n) is 4.19. The van der Waals surface area contributed by atoms with Crippen molar-refractivity contribution >= 4 is 0 Å². The van der Waals surface area contributed by atoms with Crippen molar-refractivity contribution in [2.75, 3.05) is 0 Å². The quantitative estimate of drug-likeness (QED) is 0.610. The second kappa shape index (κ2) is 3.22. The summed E-state index contributed by atoms with van der Waals surface area (Å²) in [4.78, 5) is 0. The Labute approximate surface area is 68.4 Å². The zero-order valence-corrected chi connectivity index (χ0v) is 7.41. The van der Waals surface area contributed by atoms with Gasteiger partial charge in [0.15, 0.2) is 0 Å². The smallest absolute Gasteiger partial charge is 0.0758 e. The monoisotopic (exact) mass is 152 g/mol. The van der Waals surface area contributed by atoms with E-state index in [0.29, 0.717) is 11.8 Å². The van der Waals surface area contributed by atoms with E-state index in [1.807, 2.05) is 6.08 Å². The number of allylic oxidation sites excluding steroid dienone is 2. The predicted octanol–water partition coefficient (Wildman–Crippen LogP) is 2.14. The maximum Gasteiger partial charge on any atom is 0.0758 e. The molecule has 0 bridgehead atoms. The van der Waals surface area contributed by atoms with Crippen LogP contribution in [0.15, 0.2) is 23.8 Å². The van der Waals surface area contributed by atoms with Gasteiger partial charge in [-0.2, -0.15) is 0 Å². The molecule has 11 heavy (non-hydrogen) atoms. The molecule has 3 atom stereocenters. The highest BCUT2D eigenvalue weighted by molar-refractivity contribution is 5.27. The fourth-order valence-corrected chi connectivity index (χ4v) is 1.23. The van der Waals surface area contributed by atoms with Crippen molar-refractivity contribution in [1.29, 1.82) is 0 Å². The Kier molecular flexibility index (Phi) is 2.50. The second-order valence-corrected chi connectivity index (χ2v) is 3.42. The zero-order chi connectivity index (χ0) is 8.43. The van der Waals surface area contributed by atoms with Crippen LogP contribution < -0.4 is 0 Å². The van der Waals surface area contributed by atoms with Crippen LogP contribution in [-0.2, 0) is 0 Å². The lowest BCUT2D eigenvalue weighted by molar-refractivity contribution is 0.233. The van der Waals surface area contributed by atoms with Crippen LogP contribution in [0.5, 0.6) is 0 Å². The lowest BCUT2D eigenvalue weighted by Gasteiger charge is -2.20. The fourth-order valence-electron chi connectivity index (χ4n) is 1.23. The first-order valence-corrected chi connectivity index (χ1v) is 4.19. The van der Waals surface area contributed by atoms with Gasteiger partial charge < -0.3 is 5.11 Å². The molecule has 0 aromatic rings. The summed E-state index contributed by atoms with van der Waals surface area (Å²) in [6, 6.07) is 0. The van der Waals surface area contributed by atoms with Crippen LogP contribution in [0.4, 0.5) is 0 Å². The maximum atomic E-state index is 9.26. The van der Waals surface area contributed by atoms with Crippen LogP contribution >= 0.6 is 0 Å². The molecule has 0 radical (unpaired) electrons. The Bertz CT molecular complexity index is 189. The van der Waals surface area contributed by atoms with Gasteiger partial charge in [-0.25, -0.2) is 0 Å². The van der Waals surface area contributed by atoms with E-state index >= 15 is 0 Å². The van der Waals surface area contributed by atoms with Gasteiger partial charge in [-0.1, -0.05) is 32.1 Å². The number of aliphatic hydroxyl groups excluding tert-OH is 1. The summed E-state index contributed by atoms with van der Waals surface area (Å²) in [5, 5.41) is 9.26. The first kappa shape index (κ1) is 8.54. The van der Waals surface area contributed by atoms with Crippen molar-refractivity contribution in [3.05, 3.63) is 23.8 Å². The van der Waals surface area contributed by atoms with Crippen molar-refractivity contribution < 1.29 is 5.11 Å². The molecular formula is C10H16O. The molecule has 0 fully saturated rings. The van der Waals surface area contributed by atoms with E-state index in [4.69, 9.17) is 0 Å². The highest BCUT2D eigenvalue weighted by atomic mass is 16.3. The Morgan fingerprint density at radius 1 is 1.36 bits per heavy atom. The summed E-state index contributed by atoms with van der Waals surface area (Å²) in [5.74, 6) is 1.17. The Morgan fingerprint density at radius 2 is 2.00 bits per heavy atom. The van der Waals surface area contributed by atoms with E-state index in [1.165, 1.54) is 0 Å². The first-order chi connectivity index (χ1) is 5.11. The molecule has 0 aromatic heterocycles. The van der Waals surface area contributed by atoms with Crippen LogP contribution in [0.2, 0.25) is 0 Å². The molecule has 0 spiro atoms. The lowest BCUT2D eigenvalue weighted by atomic mass is 9.87. The lowest BCUT2D eigenvalue weighted by Crippen LogP contribution is -2.12. The van der Waals surface area contributed by atoms with Crippen molar-refractivity contribution in [3.8, 4) is 0 Å². The minimum atomic E-state index is -0.318. The topological polar surface area (TPSA) is 20.2 Å². The molecule has 1 rings (SSSR count). The molecule has 0 aromatic carbocycles. The minimum Gasteiger partial charge on any atom is -0.389 e. The zero-order valence-electron chi connectivity index (χ0n) is 7.41. The molecule has 0 aliphatic heterocycles. The summed E-state index contributed by atoms with van der Waals surface area (Å²) in [7, 11) is 0. The summed E-state index contributed by atoms with van der Waals surface area (Å²) < 4.78 is 0. The average molecular weight is 152 g/mol. The van der Waals surface area contributed by atoms with Gasteiger partial charge in [0, 0.05) is 0 Å². The van der Waals surface area contributed by atoms with Crippen molar-refractivity contribution in [2.24, 2.45) is 11.8 Å². The Morgan fingerprint density at radius 3 is 2.45 bits per heavy atom. The molecule has 0 heterocycles. The maximum absolute atomic E-state index is 9.26. The molecule has 0 saturated carbocycles. The van der Waals surface area contributed by atoms with E-state index in [0.717, 1.165) is 5.57 Å². The molecule has 1 aliphatic rings. The molecule has 1 N–H and O–H groups in total. The van der Waals surface area contributed by atoms with Crippen LogP contribution in [0.3, 0.4) is 0 Å². The molecule has 62 valence electrons. The number of aliphatic hydroxyl groups is 1. The van der Waals surface area contributed by atoms with Gasteiger partial charge in [0.1, 0.15) is 0 Å². The molecule has 1 nitrogen and oxygen atoms in total. The average Bonchev–Trinajstić information content (AvgIpc) is 1.94. The highest BCUT2D eigenvalue weighted by Crippen LogP contribution is 2.23. The Hall–Kier alpha value is -0.560. The fraction of sp³-hybridized carbons (Fsp3) is 0.600. The van der Waals surface area contributed by atoms with Gasteiger partial charge in [0.2, 0.25) is 0 Å². The van der Waals surface area contributed by atoms with Gasteiger partial charge in [0.25, 0.3) is 0 Å². The molecule has 1 aliphatic carbocycles. The van der Waals surface area contributed by atoms with Gasteiger partial charge in [-0.05, 0) is 24.3 Å². The Balaban J connectivity index is 2.72. The minimum absolute atomic E-state index is 0.318. The highest BCUT2D eigenvalue weighted by Gasteiger charge is 2.13. The van der Waals surface area contributed by atoms with Crippen LogP contribution in [0.1, 0.15) is 20.8 Å². The van der Waals surface area contributed by atoms with Gasteiger partial charge in [-0.15, -0.1) is 0 Å². The van der Waals surface area contributed by atoms with Crippen molar-refractivity contribution in [2.45, 2.75) is 26.9 Å². The number of rotatable bonds is 1. The van der Waals surface area contributed by atoms with E-state index in [2.05, 4.69) is 26.0 Å². The van der Waals surface area contributed by atoms with E-state index in [1.54, 1.807) is 6.92 Å². The summed E-state index contributed by atoms with van der Waals surface area (Å²) in [6.07, 6.45) is 6.01. The van der Waals surface area contributed by atoms with Crippen molar-refractivity contribution in [1.82, 2.24) is 0 Å². The van der Waals surface area contributed by atoms with Gasteiger partial charge in [0.05, 0.1) is 6.10 Å². The van der Waals surface area contributed by atoms with Crippen LogP contribution in [0.25, 0.3) is 0 Å². The number of hydrogen-bond acceptors (Lipinski definition) is 1. The van der Waals surface area contributed by atoms with Gasteiger partial charge >= 0.3 is 0 Å². The third-order valence-electron chi connectivity index (χ3n) is 2.36. The third kappa shape index (κ3) is 1.93. The predicted molar refractivity (Wildman–Crippen MR) is 47.2 cm³/mol. The number of hydrogen-bond donors (Lipinski definition) is 1. The van der Waals surface area contributed by atoms with Crippen molar-refractivity contribution in [3.63, 3.8) is 0 Å². The van der Waals surface area contributed by atoms with E-state index in [9.17, 15) is 5.11 Å². The van der Waals surface area contributed by atoms with Crippen LogP contribution in [0, 0.1) is 11.8 Å². The second-order valence-electron chi connectivity index (χ2n) is 3.42. The molecule has 0 saturated heterocycles. The summed E-state index contributed by atoms with van der Waals surface area (Å²) in [5.41, 5.74) is 1.05. The SMILES string of the molecule is CC(O)C1=C[C@H](C)[C@H](C)C=C1. The summed E-state index contributed by atoms with van der Waals surface area (Å²) in [6.45, 7) is 6.17. The molecule has 0 amide bonds. The molecular weight excluding hydrogens is 136 g/mol. The largest absolute Gasteiger partial charge is 0.389 e. The molecule has 1 unspecified atom stereocenters. The normalized spacial score (nSPS) is 33.3. The van der Waals surface area contributed by atoms with Crippen LogP contribution in [-0.4, -0.2) is 11.2 Å². The van der Waals surface area contributed by atoms with Gasteiger partial charge in [-0.3, -0.25) is 0 Å². The molecule has 1 heteroatoms. The van der Waals surface area contributed by atoms with E-state index < -0.39 is 0 Å².